The number of carbonyl (C=O) groups is 1. The molecule has 1 aliphatic rings. The summed E-state index contributed by atoms with van der Waals surface area (Å²) in [5.41, 5.74) is 0. The summed E-state index contributed by atoms with van der Waals surface area (Å²) in [7, 11) is 0. The average molecular weight is 838 g/mol. The summed E-state index contributed by atoms with van der Waals surface area (Å²) in [6, 6.07) is -0.948. The van der Waals surface area contributed by atoms with Crippen LogP contribution in [0.4, 0.5) is 0 Å². The first-order valence-corrected chi connectivity index (χ1v) is 25.1. The van der Waals surface area contributed by atoms with Crippen molar-refractivity contribution in [1.29, 1.82) is 0 Å². The highest BCUT2D eigenvalue weighted by molar-refractivity contribution is 5.76. The Kier molecular flexibility index (Phi) is 37.3. The molecule has 9 heteroatoms. The number of rotatable bonds is 41. The van der Waals surface area contributed by atoms with Crippen molar-refractivity contribution in [1.82, 2.24) is 5.32 Å². The molecule has 0 radical (unpaired) electrons. The van der Waals surface area contributed by atoms with Crippen molar-refractivity contribution >= 4 is 5.91 Å². The Balaban J connectivity index is 2.24. The maximum atomic E-state index is 13.0. The maximum Gasteiger partial charge on any atom is 0.220 e. The summed E-state index contributed by atoms with van der Waals surface area (Å²) >= 11 is 0. The second kappa shape index (κ2) is 39.5. The third kappa shape index (κ3) is 29.6. The van der Waals surface area contributed by atoms with Crippen LogP contribution in [0.3, 0.4) is 0 Å². The number of unbranched alkanes of at least 4 members (excludes halogenated alkanes) is 29. The summed E-state index contributed by atoms with van der Waals surface area (Å²) in [4.78, 5) is 13.0. The first-order valence-electron chi connectivity index (χ1n) is 25.1. The highest BCUT2D eigenvalue weighted by Crippen LogP contribution is 2.23. The van der Waals surface area contributed by atoms with Crippen LogP contribution >= 0.6 is 0 Å². The van der Waals surface area contributed by atoms with Crippen LogP contribution in [-0.2, 0) is 9.53 Å². The predicted molar refractivity (Wildman–Crippen MR) is 244 cm³/mol. The van der Waals surface area contributed by atoms with E-state index in [4.69, 9.17) is 4.74 Å². The van der Waals surface area contributed by atoms with E-state index in [1.54, 1.807) is 0 Å². The lowest BCUT2D eigenvalue weighted by atomic mass is 9.93. The summed E-state index contributed by atoms with van der Waals surface area (Å²) in [6.45, 7) is 3.93. The van der Waals surface area contributed by atoms with Crippen LogP contribution in [0.2, 0.25) is 0 Å². The van der Waals surface area contributed by atoms with Gasteiger partial charge in [-0.25, -0.2) is 0 Å². The third-order valence-electron chi connectivity index (χ3n) is 12.3. The third-order valence-corrected chi connectivity index (χ3v) is 12.3. The average Bonchev–Trinajstić information content (AvgIpc) is 3.23. The monoisotopic (exact) mass is 838 g/mol. The highest BCUT2D eigenvalue weighted by Gasteiger charge is 2.42. The van der Waals surface area contributed by atoms with Crippen LogP contribution in [0.15, 0.2) is 24.3 Å². The summed E-state index contributed by atoms with van der Waals surface area (Å²) in [6.07, 6.45) is 39.3. The van der Waals surface area contributed by atoms with Gasteiger partial charge in [0.25, 0.3) is 0 Å². The summed E-state index contributed by atoms with van der Waals surface area (Å²) in [5, 5.41) is 65.2. The van der Waals surface area contributed by atoms with Gasteiger partial charge in [0.2, 0.25) is 5.91 Å². The largest absolute Gasteiger partial charge is 0.394 e. The first-order chi connectivity index (χ1) is 28.8. The molecule has 1 fully saturated rings. The molecule has 1 aliphatic heterocycles. The van der Waals surface area contributed by atoms with Crippen LogP contribution in [0.25, 0.3) is 0 Å². The molecule has 8 atom stereocenters. The van der Waals surface area contributed by atoms with E-state index in [9.17, 15) is 35.4 Å². The molecule has 348 valence electrons. The molecule has 1 heterocycles. The van der Waals surface area contributed by atoms with E-state index in [2.05, 4.69) is 31.3 Å². The van der Waals surface area contributed by atoms with E-state index in [1.165, 1.54) is 160 Å². The Labute approximate surface area is 362 Å². The van der Waals surface area contributed by atoms with Crippen molar-refractivity contribution < 1.29 is 40.2 Å². The number of amides is 1. The quantitative estimate of drug-likeness (QED) is 0.0237. The zero-order valence-corrected chi connectivity index (χ0v) is 38.2. The second-order valence-electron chi connectivity index (χ2n) is 17.8. The van der Waals surface area contributed by atoms with E-state index < -0.39 is 55.4 Å². The minimum atomic E-state index is -1.53. The smallest absolute Gasteiger partial charge is 0.220 e. The number of ether oxygens (including phenoxy) is 1. The maximum absolute atomic E-state index is 13.0. The van der Waals surface area contributed by atoms with Gasteiger partial charge in [0.1, 0.15) is 36.6 Å². The molecule has 2 unspecified atom stereocenters. The number of hydrogen-bond acceptors (Lipinski definition) is 8. The lowest BCUT2D eigenvalue weighted by Crippen LogP contribution is -2.58. The number of allylic oxidation sites excluding steroid dienone is 2. The van der Waals surface area contributed by atoms with Crippen LogP contribution < -0.4 is 5.32 Å². The zero-order chi connectivity index (χ0) is 43.2. The van der Waals surface area contributed by atoms with E-state index >= 15 is 0 Å². The van der Waals surface area contributed by atoms with Crippen molar-refractivity contribution in [2.75, 3.05) is 6.61 Å². The van der Waals surface area contributed by atoms with Gasteiger partial charge in [0, 0.05) is 6.42 Å². The van der Waals surface area contributed by atoms with Gasteiger partial charge in [0.05, 0.1) is 18.8 Å². The number of hydrogen-bond donors (Lipinski definition) is 7. The number of nitrogens with one attached hydrogen (secondary N) is 1. The van der Waals surface area contributed by atoms with Gasteiger partial charge in [-0.2, -0.15) is 0 Å². The Hall–Kier alpha value is -1.33. The Morgan fingerprint density at radius 2 is 0.966 bits per heavy atom. The molecule has 0 saturated carbocycles. The van der Waals surface area contributed by atoms with Crippen LogP contribution in [0.1, 0.15) is 232 Å². The van der Waals surface area contributed by atoms with Crippen molar-refractivity contribution in [3.63, 3.8) is 0 Å². The second-order valence-corrected chi connectivity index (χ2v) is 17.8. The van der Waals surface area contributed by atoms with Gasteiger partial charge in [-0.3, -0.25) is 4.79 Å². The number of aliphatic hydroxyl groups is 6. The lowest BCUT2D eigenvalue weighted by Gasteiger charge is -2.39. The minimum absolute atomic E-state index is 0.235. The molecule has 7 N–H and O–H groups in total. The van der Waals surface area contributed by atoms with Crippen molar-refractivity contribution in [3.8, 4) is 0 Å². The van der Waals surface area contributed by atoms with Crippen molar-refractivity contribution in [3.05, 3.63) is 24.3 Å². The first kappa shape index (κ1) is 55.7. The molecule has 9 nitrogen and oxygen atoms in total. The molecule has 0 aliphatic carbocycles. The fourth-order valence-corrected chi connectivity index (χ4v) is 8.22. The van der Waals surface area contributed by atoms with Gasteiger partial charge in [-0.15, -0.1) is 0 Å². The van der Waals surface area contributed by atoms with E-state index in [0.29, 0.717) is 12.8 Å². The number of carbonyl (C=O) groups excluding carboxylic acids is 1. The van der Waals surface area contributed by atoms with Crippen LogP contribution in [0, 0.1) is 0 Å². The minimum Gasteiger partial charge on any atom is -0.394 e. The SMILES string of the molecule is CCCCCCCCCCCCCCCCCC/C=C\CCCCCCCCC(=O)N[C@@H](/C=C/[C@@H]1OC(CO)[C@H](O)[C@H](O)C1O)[C@H](O)[C@H](O)CCCCCCCCCC. The Morgan fingerprint density at radius 3 is 1.41 bits per heavy atom. The molecule has 1 rings (SSSR count). The summed E-state index contributed by atoms with van der Waals surface area (Å²) < 4.78 is 5.58. The molecule has 0 bridgehead atoms. The zero-order valence-electron chi connectivity index (χ0n) is 38.2. The molecular weight excluding hydrogens is 743 g/mol. The molecule has 0 aromatic rings. The Bertz CT molecular complexity index is 992. The van der Waals surface area contributed by atoms with Gasteiger partial charge >= 0.3 is 0 Å². The van der Waals surface area contributed by atoms with E-state index in [1.807, 2.05) is 0 Å². The highest BCUT2D eigenvalue weighted by atomic mass is 16.5. The van der Waals surface area contributed by atoms with Gasteiger partial charge in [-0.1, -0.05) is 212 Å². The molecular formula is C50H95NO8. The molecule has 59 heavy (non-hydrogen) atoms. The molecule has 0 aromatic carbocycles. The molecule has 1 saturated heterocycles. The molecule has 1 amide bonds. The molecule has 0 spiro atoms. The van der Waals surface area contributed by atoms with Crippen LogP contribution in [0.5, 0.6) is 0 Å². The van der Waals surface area contributed by atoms with E-state index in [0.717, 1.165) is 57.8 Å². The fraction of sp³-hybridized carbons (Fsp3) is 0.900. The Morgan fingerprint density at radius 1 is 0.559 bits per heavy atom. The van der Waals surface area contributed by atoms with Gasteiger partial charge in [-0.05, 0) is 38.5 Å². The van der Waals surface area contributed by atoms with Crippen molar-refractivity contribution in [2.45, 2.75) is 281 Å². The van der Waals surface area contributed by atoms with Crippen LogP contribution in [-0.4, -0.2) is 91.9 Å². The lowest BCUT2D eigenvalue weighted by molar-refractivity contribution is -0.216. The standard InChI is InChI=1S/C50H95NO8/c1-3-5-7-9-11-13-14-15-16-17-18-19-20-21-22-23-24-25-26-27-28-29-30-32-34-36-38-46(54)51-42(39-40-44-48(56)50(58)49(57)45(41-52)59-44)47(55)43(53)37-35-33-31-12-10-8-6-4-2/h25-26,39-40,42-45,47-50,52-53,55-58H,3-24,27-38,41H2,1-2H3,(H,51,54)/b26-25-,40-39+/t42-,43+,44-,45?,47-,48?,49-,50+/m0/s1. The number of aliphatic hydroxyl groups excluding tert-OH is 6. The van der Waals surface area contributed by atoms with Gasteiger partial charge < -0.3 is 40.7 Å². The fourth-order valence-electron chi connectivity index (χ4n) is 8.22. The topological polar surface area (TPSA) is 160 Å². The van der Waals surface area contributed by atoms with Gasteiger partial charge in [0.15, 0.2) is 0 Å². The normalized spacial score (nSPS) is 21.4. The molecule has 0 aromatic heterocycles. The van der Waals surface area contributed by atoms with Crippen molar-refractivity contribution in [2.24, 2.45) is 0 Å². The predicted octanol–water partition coefficient (Wildman–Crippen LogP) is 10.5. The summed E-state index contributed by atoms with van der Waals surface area (Å²) in [5.74, 6) is -0.235. The van der Waals surface area contributed by atoms with E-state index in [-0.39, 0.29) is 5.91 Å².